The van der Waals surface area contributed by atoms with E-state index in [-0.39, 0.29) is 20.2 Å². The number of rotatable bonds is 1. The molecule has 0 N–H and O–H groups in total. The molecule has 1 aromatic rings. The predicted molar refractivity (Wildman–Crippen MR) is 49.3 cm³/mol. The summed E-state index contributed by atoms with van der Waals surface area (Å²) in [4.78, 5) is 3.71. The fraction of sp³-hybridized carbons (Fsp3) is 0.143. The number of hydrogen-bond acceptors (Lipinski definition) is 2. The number of hydrogen-bond donors (Lipinski definition) is 0. The molecule has 0 amide bonds. The van der Waals surface area contributed by atoms with E-state index < -0.39 is 6.43 Å². The number of aromatic nitrogens is 1. The first-order chi connectivity index (χ1) is 6.07. The Labute approximate surface area is 89.8 Å². The van der Waals surface area contributed by atoms with Crippen LogP contribution in [-0.2, 0) is 0 Å². The molecule has 0 spiro atoms. The summed E-state index contributed by atoms with van der Waals surface area (Å²) >= 11 is 5.83. The van der Waals surface area contributed by atoms with Crippen molar-refractivity contribution in [1.29, 1.82) is 5.26 Å². The van der Waals surface area contributed by atoms with Gasteiger partial charge in [-0.25, -0.2) is 13.8 Å². The number of pyridine rings is 1. The van der Waals surface area contributed by atoms with E-state index in [9.17, 15) is 8.78 Å². The predicted octanol–water partition coefficient (Wildman–Crippen LogP) is 3.42. The highest BCUT2D eigenvalue weighted by atomic mass is 79.9. The quantitative estimate of drug-likeness (QED) is 0.745. The molecule has 0 bridgehead atoms. The van der Waals surface area contributed by atoms with Gasteiger partial charge in [0, 0.05) is 10.7 Å². The Bertz CT molecular complexity index is 373. The molecule has 0 radical (unpaired) electrons. The maximum Gasteiger partial charge on any atom is 0.266 e. The third-order valence-electron chi connectivity index (χ3n) is 1.35. The van der Waals surface area contributed by atoms with E-state index in [2.05, 4.69) is 36.8 Å². The van der Waals surface area contributed by atoms with Gasteiger partial charge in [0.1, 0.15) is 10.7 Å². The van der Waals surface area contributed by atoms with Gasteiger partial charge in [-0.3, -0.25) is 0 Å². The molecule has 0 aromatic carbocycles. The van der Waals surface area contributed by atoms with Crippen LogP contribution >= 0.6 is 31.9 Å². The van der Waals surface area contributed by atoms with Crippen LogP contribution < -0.4 is 0 Å². The Kier molecular flexibility index (Phi) is 3.33. The van der Waals surface area contributed by atoms with Crippen LogP contribution in [0.1, 0.15) is 17.6 Å². The normalized spacial score (nSPS) is 10.2. The second-order valence-corrected chi connectivity index (χ2v) is 3.70. The van der Waals surface area contributed by atoms with Crippen molar-refractivity contribution in [2.75, 3.05) is 0 Å². The van der Waals surface area contributed by atoms with Crippen LogP contribution in [-0.4, -0.2) is 4.98 Å². The minimum atomic E-state index is -2.69. The van der Waals surface area contributed by atoms with Gasteiger partial charge in [0.25, 0.3) is 6.43 Å². The van der Waals surface area contributed by atoms with Crippen LogP contribution in [0.5, 0.6) is 0 Å². The SMILES string of the molecule is N#Cc1c(Br)ncc(Br)c1C(F)F. The molecule has 0 unspecified atom stereocenters. The van der Waals surface area contributed by atoms with E-state index in [0.717, 1.165) is 0 Å². The molecule has 0 saturated heterocycles. The Morgan fingerprint density at radius 1 is 1.46 bits per heavy atom. The van der Waals surface area contributed by atoms with Crippen LogP contribution in [0.2, 0.25) is 0 Å². The van der Waals surface area contributed by atoms with Crippen LogP contribution in [0, 0.1) is 11.3 Å². The Morgan fingerprint density at radius 3 is 2.46 bits per heavy atom. The average molecular weight is 312 g/mol. The van der Waals surface area contributed by atoms with E-state index in [1.807, 2.05) is 0 Å². The summed E-state index contributed by atoms with van der Waals surface area (Å²) < 4.78 is 25.1. The molecule has 0 fully saturated rings. The van der Waals surface area contributed by atoms with Crippen molar-refractivity contribution in [3.8, 4) is 6.07 Å². The smallest absolute Gasteiger partial charge is 0.247 e. The molecular weight excluding hydrogens is 310 g/mol. The first-order valence-corrected chi connectivity index (χ1v) is 4.68. The third kappa shape index (κ3) is 2.03. The zero-order chi connectivity index (χ0) is 10.0. The number of alkyl halides is 2. The van der Waals surface area contributed by atoms with E-state index >= 15 is 0 Å². The van der Waals surface area contributed by atoms with Gasteiger partial charge >= 0.3 is 0 Å². The first-order valence-electron chi connectivity index (χ1n) is 3.10. The number of nitrogens with zero attached hydrogens (tertiary/aromatic N) is 2. The first kappa shape index (κ1) is 10.5. The molecule has 1 heterocycles. The van der Waals surface area contributed by atoms with Crippen molar-refractivity contribution >= 4 is 31.9 Å². The molecule has 0 atom stereocenters. The fourth-order valence-corrected chi connectivity index (χ4v) is 1.68. The van der Waals surface area contributed by atoms with Crippen molar-refractivity contribution in [1.82, 2.24) is 4.98 Å². The lowest BCUT2D eigenvalue weighted by atomic mass is 10.2. The van der Waals surface area contributed by atoms with Crippen molar-refractivity contribution < 1.29 is 8.78 Å². The second-order valence-electron chi connectivity index (χ2n) is 2.10. The van der Waals surface area contributed by atoms with Gasteiger partial charge < -0.3 is 0 Å². The van der Waals surface area contributed by atoms with E-state index in [0.29, 0.717) is 0 Å². The highest BCUT2D eigenvalue weighted by molar-refractivity contribution is 9.11. The summed E-state index contributed by atoms with van der Waals surface area (Å²) in [5.41, 5.74) is -0.464. The summed E-state index contributed by atoms with van der Waals surface area (Å²) in [6.45, 7) is 0. The van der Waals surface area contributed by atoms with Crippen molar-refractivity contribution in [3.63, 3.8) is 0 Å². The van der Waals surface area contributed by atoms with Crippen molar-refractivity contribution in [3.05, 3.63) is 26.4 Å². The zero-order valence-corrected chi connectivity index (χ0v) is 9.23. The van der Waals surface area contributed by atoms with Gasteiger partial charge in [-0.05, 0) is 31.9 Å². The lowest BCUT2D eigenvalue weighted by Crippen LogP contribution is -1.95. The average Bonchev–Trinajstić information content (AvgIpc) is 2.07. The van der Waals surface area contributed by atoms with Gasteiger partial charge in [0.2, 0.25) is 0 Å². The lowest BCUT2D eigenvalue weighted by Gasteiger charge is -2.05. The third-order valence-corrected chi connectivity index (χ3v) is 2.59. The van der Waals surface area contributed by atoms with Crippen LogP contribution in [0.4, 0.5) is 8.78 Å². The van der Waals surface area contributed by atoms with Gasteiger partial charge in [-0.1, -0.05) is 0 Å². The molecule has 6 heteroatoms. The summed E-state index contributed by atoms with van der Waals surface area (Å²) in [6, 6.07) is 1.67. The molecule has 2 nitrogen and oxygen atoms in total. The highest BCUT2D eigenvalue weighted by Crippen LogP contribution is 2.32. The van der Waals surface area contributed by atoms with E-state index in [1.165, 1.54) is 6.20 Å². The van der Waals surface area contributed by atoms with Gasteiger partial charge in [0.05, 0.1) is 11.1 Å². The fourth-order valence-electron chi connectivity index (χ4n) is 0.798. The zero-order valence-electron chi connectivity index (χ0n) is 6.06. The number of nitriles is 1. The molecule has 68 valence electrons. The van der Waals surface area contributed by atoms with Gasteiger partial charge in [0.15, 0.2) is 0 Å². The standard InChI is InChI=1S/C7H2Br2F2N2/c8-4-2-13-6(9)3(1-12)5(4)7(10)11/h2,7H. The molecular formula is C7H2Br2F2N2. The molecule has 0 saturated carbocycles. The minimum Gasteiger partial charge on any atom is -0.247 e. The van der Waals surface area contributed by atoms with E-state index in [1.54, 1.807) is 6.07 Å². The van der Waals surface area contributed by atoms with Crippen LogP contribution in [0.3, 0.4) is 0 Å². The summed E-state index contributed by atoms with van der Waals surface area (Å²) in [5.74, 6) is 0. The Balaban J connectivity index is 3.46. The lowest BCUT2D eigenvalue weighted by molar-refractivity contribution is 0.150. The second kappa shape index (κ2) is 4.11. The molecule has 13 heavy (non-hydrogen) atoms. The highest BCUT2D eigenvalue weighted by Gasteiger charge is 2.19. The van der Waals surface area contributed by atoms with E-state index in [4.69, 9.17) is 5.26 Å². The van der Waals surface area contributed by atoms with Crippen molar-refractivity contribution in [2.24, 2.45) is 0 Å². The molecule has 0 aliphatic rings. The maximum absolute atomic E-state index is 12.4. The van der Waals surface area contributed by atoms with Crippen LogP contribution in [0.25, 0.3) is 0 Å². The minimum absolute atomic E-state index is 0.133. The Morgan fingerprint density at radius 2 is 2.08 bits per heavy atom. The topological polar surface area (TPSA) is 36.7 Å². The maximum atomic E-state index is 12.4. The monoisotopic (exact) mass is 310 g/mol. The van der Waals surface area contributed by atoms with Crippen LogP contribution in [0.15, 0.2) is 15.3 Å². The van der Waals surface area contributed by atoms with Crippen molar-refractivity contribution in [2.45, 2.75) is 6.43 Å². The van der Waals surface area contributed by atoms with Gasteiger partial charge in [-0.2, -0.15) is 5.26 Å². The molecule has 1 aromatic heterocycles. The Hall–Kier alpha value is -0.540. The van der Waals surface area contributed by atoms with Gasteiger partial charge in [-0.15, -0.1) is 0 Å². The molecule has 0 aliphatic carbocycles. The molecule has 1 rings (SSSR count). The summed E-state index contributed by atoms with van der Waals surface area (Å²) in [6.07, 6.45) is -1.46. The largest absolute Gasteiger partial charge is 0.266 e. The summed E-state index contributed by atoms with van der Waals surface area (Å²) in [7, 11) is 0. The molecule has 0 aliphatic heterocycles. The summed E-state index contributed by atoms with van der Waals surface area (Å²) in [5, 5.41) is 8.60. The number of halogens is 4.